The van der Waals surface area contributed by atoms with Crippen molar-refractivity contribution in [3.05, 3.63) is 54.2 Å². The van der Waals surface area contributed by atoms with Crippen molar-refractivity contribution in [2.45, 2.75) is 6.92 Å². The van der Waals surface area contributed by atoms with Gasteiger partial charge < -0.3 is 10.5 Å². The van der Waals surface area contributed by atoms with Crippen LogP contribution < -0.4 is 10.5 Å². The molecule has 3 rings (SSSR count). The van der Waals surface area contributed by atoms with Gasteiger partial charge in [0, 0.05) is 5.39 Å². The van der Waals surface area contributed by atoms with E-state index in [9.17, 15) is 0 Å². The number of rotatable bonds is 2. The lowest BCUT2D eigenvalue weighted by Gasteiger charge is -2.12. The first-order valence-corrected chi connectivity index (χ1v) is 5.99. The minimum absolute atomic E-state index is 0.612. The number of fused-ring (bicyclic) bond motifs is 1. The summed E-state index contributed by atoms with van der Waals surface area (Å²) in [6, 6.07) is 13.4. The zero-order valence-electron chi connectivity index (χ0n) is 10.5. The molecule has 1 aromatic heterocycles. The van der Waals surface area contributed by atoms with E-state index in [1.165, 1.54) is 0 Å². The SMILES string of the molecule is Cc1cccc(N)c1Oc1cnnc2ccccc12. The molecule has 0 aliphatic carbocycles. The monoisotopic (exact) mass is 251 g/mol. The van der Waals surface area contributed by atoms with Crippen molar-refractivity contribution < 1.29 is 4.74 Å². The quantitative estimate of drug-likeness (QED) is 0.710. The predicted molar refractivity (Wildman–Crippen MR) is 75.2 cm³/mol. The summed E-state index contributed by atoms with van der Waals surface area (Å²) in [6.07, 6.45) is 1.61. The van der Waals surface area contributed by atoms with E-state index in [4.69, 9.17) is 10.5 Å². The molecule has 0 atom stereocenters. The Balaban J connectivity index is 2.11. The van der Waals surface area contributed by atoms with Crippen molar-refractivity contribution in [3.8, 4) is 11.5 Å². The molecule has 0 aliphatic rings. The molecule has 0 radical (unpaired) electrons. The van der Waals surface area contributed by atoms with Crippen molar-refractivity contribution >= 4 is 16.6 Å². The number of nitrogens with zero attached hydrogens (tertiary/aromatic N) is 2. The fraction of sp³-hybridized carbons (Fsp3) is 0.0667. The standard InChI is InChI=1S/C15H13N3O/c1-10-5-4-7-12(16)15(10)19-14-9-17-18-13-8-3-2-6-11(13)14/h2-9H,16H2,1H3. The average molecular weight is 251 g/mol. The summed E-state index contributed by atoms with van der Waals surface area (Å²) in [5, 5.41) is 8.94. The molecule has 2 aromatic carbocycles. The number of benzene rings is 2. The third-order valence-corrected chi connectivity index (χ3v) is 2.96. The maximum Gasteiger partial charge on any atom is 0.157 e. The Kier molecular flexibility index (Phi) is 2.76. The predicted octanol–water partition coefficient (Wildman–Crippen LogP) is 3.31. The van der Waals surface area contributed by atoms with Crippen LogP contribution in [-0.2, 0) is 0 Å². The zero-order chi connectivity index (χ0) is 13.2. The van der Waals surface area contributed by atoms with E-state index in [0.717, 1.165) is 16.5 Å². The maximum atomic E-state index is 5.95. The van der Waals surface area contributed by atoms with Gasteiger partial charge >= 0.3 is 0 Å². The molecule has 0 saturated heterocycles. The van der Waals surface area contributed by atoms with Crippen LogP contribution in [0.3, 0.4) is 0 Å². The summed E-state index contributed by atoms with van der Waals surface area (Å²) in [4.78, 5) is 0. The van der Waals surface area contributed by atoms with Crippen LogP contribution in [0.4, 0.5) is 5.69 Å². The van der Waals surface area contributed by atoms with Gasteiger partial charge in [0.05, 0.1) is 17.4 Å². The molecule has 4 heteroatoms. The molecule has 4 nitrogen and oxygen atoms in total. The van der Waals surface area contributed by atoms with Gasteiger partial charge in [0.25, 0.3) is 0 Å². The van der Waals surface area contributed by atoms with Gasteiger partial charge in [-0.2, -0.15) is 10.2 Å². The second kappa shape index (κ2) is 4.57. The Hall–Kier alpha value is -2.62. The van der Waals surface area contributed by atoms with Crippen molar-refractivity contribution in [1.29, 1.82) is 0 Å². The number of para-hydroxylation sites is 1. The number of ether oxygens (including phenoxy) is 1. The molecule has 2 N–H and O–H groups in total. The minimum Gasteiger partial charge on any atom is -0.453 e. The van der Waals surface area contributed by atoms with Crippen LogP contribution >= 0.6 is 0 Å². The Morgan fingerprint density at radius 3 is 2.74 bits per heavy atom. The fourth-order valence-corrected chi connectivity index (χ4v) is 1.99. The Bertz CT molecular complexity index is 715. The number of nitrogens with two attached hydrogens (primary N) is 1. The highest BCUT2D eigenvalue weighted by molar-refractivity contribution is 5.84. The molecule has 0 spiro atoms. The van der Waals surface area contributed by atoms with Gasteiger partial charge in [-0.25, -0.2) is 0 Å². The van der Waals surface area contributed by atoms with Crippen LogP contribution in [0.5, 0.6) is 11.5 Å². The molecule has 1 heterocycles. The average Bonchev–Trinajstić information content (AvgIpc) is 2.43. The molecule has 3 aromatic rings. The lowest BCUT2D eigenvalue weighted by Crippen LogP contribution is -1.96. The number of anilines is 1. The topological polar surface area (TPSA) is 61.0 Å². The van der Waals surface area contributed by atoms with Crippen LogP contribution in [0, 0.1) is 6.92 Å². The highest BCUT2D eigenvalue weighted by Gasteiger charge is 2.09. The molecule has 19 heavy (non-hydrogen) atoms. The van der Waals surface area contributed by atoms with Crippen LogP contribution in [0.25, 0.3) is 10.9 Å². The Labute approximate surface area is 110 Å². The fourth-order valence-electron chi connectivity index (χ4n) is 1.99. The third-order valence-electron chi connectivity index (χ3n) is 2.96. The van der Waals surface area contributed by atoms with Gasteiger partial charge in [0.1, 0.15) is 0 Å². The van der Waals surface area contributed by atoms with Crippen LogP contribution in [-0.4, -0.2) is 10.2 Å². The Morgan fingerprint density at radius 1 is 1.05 bits per heavy atom. The maximum absolute atomic E-state index is 5.95. The van der Waals surface area contributed by atoms with Gasteiger partial charge in [-0.05, 0) is 30.7 Å². The molecule has 0 saturated carbocycles. The molecule has 0 fully saturated rings. The van der Waals surface area contributed by atoms with Crippen molar-refractivity contribution in [1.82, 2.24) is 10.2 Å². The second-order valence-electron chi connectivity index (χ2n) is 4.32. The molecular formula is C15H13N3O. The van der Waals surface area contributed by atoms with E-state index in [1.807, 2.05) is 49.4 Å². The smallest absolute Gasteiger partial charge is 0.157 e. The summed E-state index contributed by atoms with van der Waals surface area (Å²) in [5.74, 6) is 1.33. The first-order chi connectivity index (χ1) is 9.25. The molecular weight excluding hydrogens is 238 g/mol. The van der Waals surface area contributed by atoms with Gasteiger partial charge in [-0.3, -0.25) is 0 Å². The van der Waals surface area contributed by atoms with E-state index >= 15 is 0 Å². The van der Waals surface area contributed by atoms with E-state index in [2.05, 4.69) is 10.2 Å². The number of hydrogen-bond donors (Lipinski definition) is 1. The summed E-state index contributed by atoms with van der Waals surface area (Å²) >= 11 is 0. The minimum atomic E-state index is 0.612. The second-order valence-corrected chi connectivity index (χ2v) is 4.32. The first-order valence-electron chi connectivity index (χ1n) is 5.99. The summed E-state index contributed by atoms with van der Waals surface area (Å²) in [6.45, 7) is 1.96. The van der Waals surface area contributed by atoms with Gasteiger partial charge in [-0.1, -0.05) is 24.3 Å². The van der Waals surface area contributed by atoms with E-state index < -0.39 is 0 Å². The van der Waals surface area contributed by atoms with Crippen LogP contribution in [0.15, 0.2) is 48.7 Å². The summed E-state index contributed by atoms with van der Waals surface area (Å²) in [5.41, 5.74) is 8.35. The van der Waals surface area contributed by atoms with Crippen LogP contribution in [0.2, 0.25) is 0 Å². The first kappa shape index (κ1) is 11.5. The largest absolute Gasteiger partial charge is 0.453 e. The molecule has 94 valence electrons. The Morgan fingerprint density at radius 2 is 1.89 bits per heavy atom. The van der Waals surface area contributed by atoms with E-state index in [-0.39, 0.29) is 0 Å². The zero-order valence-corrected chi connectivity index (χ0v) is 10.5. The summed E-state index contributed by atoms with van der Waals surface area (Å²) < 4.78 is 5.93. The van der Waals surface area contributed by atoms with Crippen molar-refractivity contribution in [3.63, 3.8) is 0 Å². The van der Waals surface area contributed by atoms with E-state index in [1.54, 1.807) is 6.20 Å². The molecule has 0 bridgehead atoms. The molecule has 0 aliphatic heterocycles. The normalized spacial score (nSPS) is 10.6. The van der Waals surface area contributed by atoms with Gasteiger partial charge in [0.15, 0.2) is 11.5 Å². The van der Waals surface area contributed by atoms with E-state index in [0.29, 0.717) is 17.2 Å². The number of hydrogen-bond acceptors (Lipinski definition) is 4. The lowest BCUT2D eigenvalue weighted by atomic mass is 10.2. The van der Waals surface area contributed by atoms with Crippen LogP contribution in [0.1, 0.15) is 5.56 Å². The van der Waals surface area contributed by atoms with Crippen molar-refractivity contribution in [2.75, 3.05) is 5.73 Å². The number of aromatic nitrogens is 2. The number of aryl methyl sites for hydroxylation is 1. The van der Waals surface area contributed by atoms with Gasteiger partial charge in [-0.15, -0.1) is 0 Å². The highest BCUT2D eigenvalue weighted by Crippen LogP contribution is 2.33. The molecule has 0 unspecified atom stereocenters. The van der Waals surface area contributed by atoms with Crippen molar-refractivity contribution in [2.24, 2.45) is 0 Å². The van der Waals surface area contributed by atoms with Gasteiger partial charge in [0.2, 0.25) is 0 Å². The third kappa shape index (κ3) is 2.08. The highest BCUT2D eigenvalue weighted by atomic mass is 16.5. The number of nitrogen functional groups attached to an aromatic ring is 1. The molecule has 0 amide bonds. The lowest BCUT2D eigenvalue weighted by molar-refractivity contribution is 0.483. The summed E-state index contributed by atoms with van der Waals surface area (Å²) in [7, 11) is 0.